The Kier molecular flexibility index (Phi) is 8.36. The van der Waals surface area contributed by atoms with E-state index in [2.05, 4.69) is 15.9 Å². The van der Waals surface area contributed by atoms with Crippen molar-refractivity contribution in [2.24, 2.45) is 5.92 Å². The number of hydrogen-bond acceptors (Lipinski definition) is 6. The zero-order valence-electron chi connectivity index (χ0n) is 10.6. The molecule has 0 radical (unpaired) electrons. The number of rotatable bonds is 7. The summed E-state index contributed by atoms with van der Waals surface area (Å²) in [7, 11) is 0. The highest BCUT2D eigenvalue weighted by atomic mass is 79.9. The third-order valence-electron chi connectivity index (χ3n) is 1.89. The summed E-state index contributed by atoms with van der Waals surface area (Å²) in [6.45, 7) is 5.21. The molecule has 0 saturated carbocycles. The quantitative estimate of drug-likeness (QED) is 0.301. The molecule has 7 heteroatoms. The van der Waals surface area contributed by atoms with Crippen LogP contribution < -0.4 is 0 Å². The minimum atomic E-state index is -1.36. The molecule has 0 fully saturated rings. The van der Waals surface area contributed by atoms with Gasteiger partial charge in [-0.3, -0.25) is 14.4 Å². The number of carbonyl (C=O) groups is 3. The van der Waals surface area contributed by atoms with Crippen molar-refractivity contribution in [3.05, 3.63) is 0 Å². The van der Waals surface area contributed by atoms with Gasteiger partial charge in [0.05, 0.1) is 19.8 Å². The van der Waals surface area contributed by atoms with E-state index in [0.29, 0.717) is 0 Å². The first-order valence-corrected chi connectivity index (χ1v) is 6.55. The van der Waals surface area contributed by atoms with E-state index in [0.717, 1.165) is 0 Å². The van der Waals surface area contributed by atoms with Crippen molar-refractivity contribution in [3.63, 3.8) is 0 Å². The Hall–Kier alpha value is -1.11. The Labute approximate surface area is 114 Å². The lowest BCUT2D eigenvalue weighted by atomic mass is 10.1. The summed E-state index contributed by atoms with van der Waals surface area (Å²) in [5.41, 5.74) is 0. The van der Waals surface area contributed by atoms with E-state index in [4.69, 9.17) is 14.2 Å². The molecular weight excluding hydrogens is 308 g/mol. The van der Waals surface area contributed by atoms with Crippen molar-refractivity contribution in [3.8, 4) is 0 Å². The lowest BCUT2D eigenvalue weighted by Crippen LogP contribution is -2.39. The van der Waals surface area contributed by atoms with Gasteiger partial charge in [-0.2, -0.15) is 0 Å². The van der Waals surface area contributed by atoms with Crippen molar-refractivity contribution in [2.75, 3.05) is 19.8 Å². The van der Waals surface area contributed by atoms with E-state index in [1.165, 1.54) is 0 Å². The third kappa shape index (κ3) is 5.03. The number of hydrogen-bond donors (Lipinski definition) is 0. The zero-order valence-corrected chi connectivity index (χ0v) is 12.2. The summed E-state index contributed by atoms with van der Waals surface area (Å²) in [6.07, 6.45) is 0. The maximum Gasteiger partial charge on any atom is 0.322 e. The monoisotopic (exact) mass is 324 g/mol. The maximum atomic E-state index is 11.6. The number of alkyl halides is 1. The normalized spacial score (nSPS) is 11.8. The van der Waals surface area contributed by atoms with Gasteiger partial charge in [-0.05, 0) is 20.8 Å². The van der Waals surface area contributed by atoms with Crippen molar-refractivity contribution >= 4 is 33.8 Å². The van der Waals surface area contributed by atoms with Crippen molar-refractivity contribution in [2.45, 2.75) is 25.6 Å². The van der Waals surface area contributed by atoms with Crippen LogP contribution in [-0.2, 0) is 28.6 Å². The fourth-order valence-electron chi connectivity index (χ4n) is 1.16. The van der Waals surface area contributed by atoms with Gasteiger partial charge in [-0.15, -0.1) is 0 Å². The molecule has 6 nitrogen and oxygen atoms in total. The van der Waals surface area contributed by atoms with Crippen molar-refractivity contribution in [1.82, 2.24) is 0 Å². The van der Waals surface area contributed by atoms with Crippen LogP contribution in [0.25, 0.3) is 0 Å². The molecule has 0 saturated heterocycles. The Bertz CT molecular complexity index is 286. The van der Waals surface area contributed by atoms with Crippen LogP contribution in [0.5, 0.6) is 0 Å². The minimum Gasteiger partial charge on any atom is -0.465 e. The summed E-state index contributed by atoms with van der Waals surface area (Å²) in [4.78, 5) is 33.7. The molecule has 1 atom stereocenters. The fourth-order valence-corrected chi connectivity index (χ4v) is 1.72. The van der Waals surface area contributed by atoms with Gasteiger partial charge in [0.2, 0.25) is 0 Å². The Balaban J connectivity index is 4.89. The molecule has 0 aromatic rings. The van der Waals surface area contributed by atoms with Gasteiger partial charge < -0.3 is 14.2 Å². The van der Waals surface area contributed by atoms with E-state index in [9.17, 15) is 14.4 Å². The fraction of sp³-hybridized carbons (Fsp3) is 0.727. The molecule has 0 bridgehead atoms. The van der Waals surface area contributed by atoms with Gasteiger partial charge in [0.25, 0.3) is 0 Å². The number of halogens is 1. The van der Waals surface area contributed by atoms with E-state index < -0.39 is 28.7 Å². The van der Waals surface area contributed by atoms with Crippen molar-refractivity contribution < 1.29 is 28.6 Å². The molecule has 0 heterocycles. The molecule has 0 aliphatic rings. The predicted octanol–water partition coefficient (Wildman–Crippen LogP) is 1.06. The minimum absolute atomic E-state index is 0.108. The second kappa shape index (κ2) is 8.91. The highest BCUT2D eigenvalue weighted by Gasteiger charge is 2.41. The van der Waals surface area contributed by atoms with Crippen molar-refractivity contribution in [1.29, 1.82) is 0 Å². The van der Waals surface area contributed by atoms with Crippen LogP contribution in [0.3, 0.4) is 0 Å². The van der Waals surface area contributed by atoms with Gasteiger partial charge >= 0.3 is 17.9 Å². The summed E-state index contributed by atoms with van der Waals surface area (Å²) in [5, 5.41) is 0. The van der Waals surface area contributed by atoms with Gasteiger partial charge in [0.1, 0.15) is 4.83 Å². The smallest absolute Gasteiger partial charge is 0.322 e. The molecular formula is C11H17BrO6. The molecule has 0 spiro atoms. The largest absolute Gasteiger partial charge is 0.465 e. The maximum absolute atomic E-state index is 11.6. The summed E-state index contributed by atoms with van der Waals surface area (Å²) < 4.78 is 14.2. The van der Waals surface area contributed by atoms with Crippen LogP contribution in [-0.4, -0.2) is 42.6 Å². The molecule has 0 amide bonds. The first-order valence-electron chi connectivity index (χ1n) is 5.63. The lowest BCUT2D eigenvalue weighted by molar-refractivity contribution is -0.165. The van der Waals surface area contributed by atoms with Crippen LogP contribution in [0.4, 0.5) is 0 Å². The van der Waals surface area contributed by atoms with E-state index >= 15 is 0 Å². The molecule has 0 aromatic carbocycles. The summed E-state index contributed by atoms with van der Waals surface area (Å²) in [5.74, 6) is -3.69. The number of ether oxygens (including phenoxy) is 3. The molecule has 104 valence electrons. The van der Waals surface area contributed by atoms with Crippen LogP contribution in [0.1, 0.15) is 20.8 Å². The molecule has 0 aliphatic heterocycles. The Morgan fingerprint density at radius 1 is 0.833 bits per heavy atom. The predicted molar refractivity (Wildman–Crippen MR) is 66.1 cm³/mol. The molecule has 0 aromatic heterocycles. The van der Waals surface area contributed by atoms with E-state index in [1.807, 2.05) is 0 Å². The highest BCUT2D eigenvalue weighted by molar-refractivity contribution is 9.10. The third-order valence-corrected chi connectivity index (χ3v) is 2.79. The Morgan fingerprint density at radius 2 is 1.17 bits per heavy atom. The Morgan fingerprint density at radius 3 is 1.50 bits per heavy atom. The lowest BCUT2D eigenvalue weighted by Gasteiger charge is -2.18. The molecule has 0 aliphatic carbocycles. The molecule has 0 N–H and O–H groups in total. The average molecular weight is 325 g/mol. The topological polar surface area (TPSA) is 78.9 Å². The van der Waals surface area contributed by atoms with Gasteiger partial charge in [-0.25, -0.2) is 0 Å². The van der Waals surface area contributed by atoms with Gasteiger partial charge in [-0.1, -0.05) is 15.9 Å². The van der Waals surface area contributed by atoms with Gasteiger partial charge in [0.15, 0.2) is 5.92 Å². The summed E-state index contributed by atoms with van der Waals surface area (Å²) in [6, 6.07) is 0. The second-order valence-corrected chi connectivity index (χ2v) is 4.12. The first-order chi connectivity index (χ1) is 8.49. The molecule has 1 unspecified atom stereocenters. The SMILES string of the molecule is CCOC(=O)C(Br)C(C(=O)OCC)C(=O)OCC. The van der Waals surface area contributed by atoms with E-state index in [-0.39, 0.29) is 19.8 Å². The van der Waals surface area contributed by atoms with Crippen LogP contribution >= 0.6 is 15.9 Å². The zero-order chi connectivity index (χ0) is 14.1. The highest BCUT2D eigenvalue weighted by Crippen LogP contribution is 2.19. The number of carbonyl (C=O) groups excluding carboxylic acids is 3. The molecule has 18 heavy (non-hydrogen) atoms. The van der Waals surface area contributed by atoms with Crippen LogP contribution in [0.15, 0.2) is 0 Å². The second-order valence-electron chi connectivity index (χ2n) is 3.14. The summed E-state index contributed by atoms with van der Waals surface area (Å²) >= 11 is 2.98. The van der Waals surface area contributed by atoms with Gasteiger partial charge in [0, 0.05) is 0 Å². The number of esters is 3. The van der Waals surface area contributed by atoms with Crippen LogP contribution in [0.2, 0.25) is 0 Å². The van der Waals surface area contributed by atoms with E-state index in [1.54, 1.807) is 20.8 Å². The van der Waals surface area contributed by atoms with Crippen LogP contribution in [0, 0.1) is 5.92 Å². The molecule has 0 rings (SSSR count). The standard InChI is InChI=1S/C11H17BrO6/c1-4-16-9(13)7(10(14)17-5-2)8(12)11(15)18-6-3/h7-8H,4-6H2,1-3H3. The first kappa shape index (κ1) is 16.9. The average Bonchev–Trinajstić information content (AvgIpc) is 2.30.